The first-order valence-electron chi connectivity index (χ1n) is 30.8. The summed E-state index contributed by atoms with van der Waals surface area (Å²) in [6.07, 6.45) is 0. The minimum Gasteiger partial charge on any atom is -0.0440 e. The van der Waals surface area contributed by atoms with E-state index in [9.17, 15) is 0 Å². The van der Waals surface area contributed by atoms with E-state index in [1.54, 1.807) is 10.8 Å². The number of benzene rings is 20. The summed E-state index contributed by atoms with van der Waals surface area (Å²) in [5.41, 5.74) is 31.8. The molecule has 0 N–H and O–H groups in total. The van der Waals surface area contributed by atoms with Crippen LogP contribution in [0.2, 0.25) is 0 Å². The van der Waals surface area contributed by atoms with Gasteiger partial charge in [0.2, 0.25) is 0 Å². The summed E-state index contributed by atoms with van der Waals surface area (Å²) in [6.45, 7) is 54.7. The Morgan fingerprint density at radius 2 is 0.110 bits per heavy atom. The maximum Gasteiger partial charge on any atom is -0.000000415 e. The molecular formula is C82H66. The van der Waals surface area contributed by atoms with Crippen LogP contribution in [0.25, 0.3) is 205 Å². The second kappa shape index (κ2) is 12.9. The van der Waals surface area contributed by atoms with Gasteiger partial charge in [-0.15, -0.1) is 0 Å². The van der Waals surface area contributed by atoms with Gasteiger partial charge < -0.3 is 0 Å². The van der Waals surface area contributed by atoms with Gasteiger partial charge in [-0.25, -0.2) is 0 Å². The number of hydrogen-bond acceptors (Lipinski definition) is 0. The number of fused-ring (bicyclic) bond motifs is 8. The molecular weight excluding hydrogens is 985 g/mol. The van der Waals surface area contributed by atoms with Gasteiger partial charge in [-0.2, -0.15) is 0 Å². The lowest BCUT2D eigenvalue weighted by Gasteiger charge is -2.36. The maximum absolute atomic E-state index is 2.53. The second-order valence-corrected chi connectivity index (χ2v) is 28.0. The molecule has 20 rings (SSSR count). The molecule has 0 nitrogen and oxygen atoms in total. The molecule has 0 heteroatoms. The SMILES string of the molecule is Cc1c(C)c2c3c(C)c(C)c(C)c4c5c(C)c(C)c6c7c(C)c(C)c(C)c8c9c(C)c(C)c(C)c%10c%11c(C)c(C)c(C)c%12c%13c(C)c(C)c%14c%15c(C)c(C)c(C)c%16c(c1C)c2c1c(c34)c2c5c6c3c(c87)c(c9%10)c(c%11%12)c4c%13c%14c(c1c%16%15)c2c34. The van der Waals surface area contributed by atoms with Gasteiger partial charge in [0, 0.05) is 0 Å². The average Bonchev–Trinajstić information content (AvgIpc) is 0.705. The van der Waals surface area contributed by atoms with Crippen molar-refractivity contribution in [3.05, 3.63) is 122 Å². The molecule has 0 aliphatic carbocycles. The molecule has 0 unspecified atom stereocenters. The van der Waals surface area contributed by atoms with E-state index in [1.807, 2.05) is 0 Å². The third-order valence-corrected chi connectivity index (χ3v) is 26.1. The van der Waals surface area contributed by atoms with Crippen LogP contribution >= 0.6 is 0 Å². The zero-order valence-corrected chi connectivity index (χ0v) is 52.0. The van der Waals surface area contributed by atoms with Crippen LogP contribution < -0.4 is 0 Å². The fourth-order valence-corrected chi connectivity index (χ4v) is 20.9. The Hall–Kier alpha value is -7.80. The van der Waals surface area contributed by atoms with Crippen molar-refractivity contribution in [2.75, 3.05) is 0 Å². The van der Waals surface area contributed by atoms with Gasteiger partial charge in [-0.1, -0.05) is 0 Å². The lowest BCUT2D eigenvalue weighted by atomic mass is 9.65. The molecule has 20 aromatic rings. The summed E-state index contributed by atoms with van der Waals surface area (Å²) in [5, 5.41) is 57.5. The Morgan fingerprint density at radius 1 is 0.0610 bits per heavy atom. The van der Waals surface area contributed by atoms with Crippen LogP contribution in [-0.4, -0.2) is 0 Å². The van der Waals surface area contributed by atoms with Gasteiger partial charge in [0.25, 0.3) is 0 Å². The van der Waals surface area contributed by atoms with E-state index in [4.69, 9.17) is 0 Å². The first-order chi connectivity index (χ1) is 39.0. The first kappa shape index (κ1) is 45.8. The molecule has 0 aromatic heterocycles. The summed E-state index contributed by atoms with van der Waals surface area (Å²) in [5.74, 6) is 0. The van der Waals surface area contributed by atoms with Crippen LogP contribution in [0.4, 0.5) is 0 Å². The van der Waals surface area contributed by atoms with Crippen molar-refractivity contribution in [3.8, 4) is 0 Å². The van der Waals surface area contributed by atoms with Gasteiger partial charge in [0.1, 0.15) is 0 Å². The van der Waals surface area contributed by atoms with E-state index in [2.05, 4.69) is 152 Å². The third-order valence-electron chi connectivity index (χ3n) is 26.1. The van der Waals surface area contributed by atoms with E-state index in [0.717, 1.165) is 0 Å². The average molecular weight is 1050 g/mol. The number of aryl methyl sites for hydroxylation is 16. The molecule has 0 saturated carbocycles. The summed E-state index contributed by atoms with van der Waals surface area (Å²) < 4.78 is 0. The molecule has 0 spiro atoms. The Labute approximate surface area is 476 Å². The van der Waals surface area contributed by atoms with Crippen molar-refractivity contribution < 1.29 is 0 Å². The standard InChI is InChI=1S/C82H66/c1-23-29(7)45-49-33(11)25(3)37(15)53-57-41(19)43(21)59-55-39(17)27(5)35(13)51-47-31(9)24(2)32(10)48-52-36(14)28(6)40(18)56-60-44(22)42(20)58-54-38(16)26(4)34(12)50-46(30(23)8)61(45)71-73(63(49)53)77-67(57)69(59)79-75(65(51)55)72(62(47)48)76(66(52)56)80-70(60)68(58)78(74(71)64(50)54)81(77)82(79)80/h1-22H3. The molecule has 0 saturated heterocycles. The lowest BCUT2D eigenvalue weighted by molar-refractivity contribution is 1.30. The zero-order valence-electron chi connectivity index (χ0n) is 52.0. The van der Waals surface area contributed by atoms with Gasteiger partial charge in [0.15, 0.2) is 0 Å². The summed E-state index contributed by atoms with van der Waals surface area (Å²) >= 11 is 0. The van der Waals surface area contributed by atoms with Crippen molar-refractivity contribution in [2.45, 2.75) is 152 Å². The fourth-order valence-electron chi connectivity index (χ4n) is 20.9. The Bertz CT molecular complexity index is 5810. The molecule has 0 bridgehead atoms. The highest BCUT2D eigenvalue weighted by Crippen LogP contribution is 2.69. The van der Waals surface area contributed by atoms with Crippen molar-refractivity contribution in [2.24, 2.45) is 0 Å². The molecule has 82 heavy (non-hydrogen) atoms. The molecule has 0 fully saturated rings. The summed E-state index contributed by atoms with van der Waals surface area (Å²) in [6, 6.07) is 0. The largest absolute Gasteiger partial charge is 0.0440 e. The molecule has 0 aliphatic heterocycles. The van der Waals surface area contributed by atoms with Gasteiger partial charge in [-0.05, 0) is 479 Å². The molecule has 0 aliphatic rings. The highest BCUT2D eigenvalue weighted by Gasteiger charge is 2.41. The van der Waals surface area contributed by atoms with Gasteiger partial charge in [0.05, 0.1) is 0 Å². The van der Waals surface area contributed by atoms with E-state index in [0.29, 0.717) is 0 Å². The van der Waals surface area contributed by atoms with Crippen LogP contribution in [0.5, 0.6) is 0 Å². The first-order valence-corrected chi connectivity index (χ1v) is 30.8. The van der Waals surface area contributed by atoms with Crippen LogP contribution in [0.15, 0.2) is 0 Å². The summed E-state index contributed by atoms with van der Waals surface area (Å²) in [7, 11) is 0. The number of rotatable bonds is 0. The Kier molecular flexibility index (Phi) is 7.18. The minimum atomic E-state index is 1.44. The minimum absolute atomic E-state index is 1.44. The van der Waals surface area contributed by atoms with Crippen molar-refractivity contribution in [1.29, 1.82) is 0 Å². The van der Waals surface area contributed by atoms with E-state index in [-0.39, 0.29) is 0 Å². The predicted molar refractivity (Wildman–Crippen MR) is 366 cm³/mol. The van der Waals surface area contributed by atoms with Crippen molar-refractivity contribution in [1.82, 2.24) is 0 Å². The zero-order chi connectivity index (χ0) is 56.6. The normalized spacial score (nSPS) is 14.0. The van der Waals surface area contributed by atoms with Crippen LogP contribution in [-0.2, 0) is 0 Å². The molecule has 0 radical (unpaired) electrons. The topological polar surface area (TPSA) is 0 Å². The van der Waals surface area contributed by atoms with Crippen LogP contribution in [0.1, 0.15) is 122 Å². The molecule has 0 heterocycles. The van der Waals surface area contributed by atoms with E-state index >= 15 is 0 Å². The second-order valence-electron chi connectivity index (χ2n) is 28.0. The van der Waals surface area contributed by atoms with Crippen LogP contribution in [0.3, 0.4) is 0 Å². The predicted octanol–water partition coefficient (Wildman–Crippen LogP) is 24.2. The maximum atomic E-state index is 2.53. The highest BCUT2D eigenvalue weighted by molar-refractivity contribution is 6.69. The molecule has 0 atom stereocenters. The smallest absolute Gasteiger partial charge is 0.000000415 e. The monoisotopic (exact) mass is 1050 g/mol. The van der Waals surface area contributed by atoms with E-state index in [1.165, 1.54) is 316 Å². The summed E-state index contributed by atoms with van der Waals surface area (Å²) in [4.78, 5) is 0. The van der Waals surface area contributed by atoms with Gasteiger partial charge in [-0.3, -0.25) is 0 Å². The quantitative estimate of drug-likeness (QED) is 0.105. The van der Waals surface area contributed by atoms with Crippen LogP contribution in [0, 0.1) is 152 Å². The van der Waals surface area contributed by atoms with Gasteiger partial charge >= 0.3 is 0 Å². The molecule has 0 amide bonds. The number of hydrogen-bond donors (Lipinski definition) is 0. The van der Waals surface area contributed by atoms with E-state index < -0.39 is 0 Å². The lowest BCUT2D eigenvalue weighted by Crippen LogP contribution is -2.09. The van der Waals surface area contributed by atoms with Crippen molar-refractivity contribution >= 4 is 205 Å². The third kappa shape index (κ3) is 3.85. The Balaban J connectivity index is 1.35. The Morgan fingerprint density at radius 3 is 0.195 bits per heavy atom. The molecule has 394 valence electrons. The van der Waals surface area contributed by atoms with Crippen molar-refractivity contribution in [3.63, 3.8) is 0 Å². The molecule has 20 aromatic carbocycles. The fraction of sp³-hybridized carbons (Fsp3) is 0.268. The highest BCUT2D eigenvalue weighted by atomic mass is 14.4.